The van der Waals surface area contributed by atoms with Crippen molar-refractivity contribution >= 4 is 5.91 Å². The first-order valence-corrected chi connectivity index (χ1v) is 8.38. The largest absolute Gasteiger partial charge is 0.354 e. The van der Waals surface area contributed by atoms with E-state index in [1.165, 1.54) is 6.42 Å². The van der Waals surface area contributed by atoms with Crippen LogP contribution in [-0.4, -0.2) is 49.6 Å². The Hall–Kier alpha value is -0.610. The molecule has 1 fully saturated rings. The molecule has 0 aromatic heterocycles. The van der Waals surface area contributed by atoms with Gasteiger partial charge >= 0.3 is 0 Å². The predicted molar refractivity (Wildman–Crippen MR) is 84.8 cm³/mol. The van der Waals surface area contributed by atoms with Crippen LogP contribution in [0.25, 0.3) is 0 Å². The lowest BCUT2D eigenvalue weighted by atomic mass is 10.0. The number of rotatable bonds is 10. The molecule has 2 N–H and O–H groups in total. The van der Waals surface area contributed by atoms with Gasteiger partial charge in [0.2, 0.25) is 5.91 Å². The van der Waals surface area contributed by atoms with Crippen LogP contribution in [0, 0.1) is 5.92 Å². The van der Waals surface area contributed by atoms with Crippen molar-refractivity contribution in [1.82, 2.24) is 15.5 Å². The smallest absolute Gasteiger partial charge is 0.220 e. The highest BCUT2D eigenvalue weighted by Crippen LogP contribution is 2.14. The Labute approximate surface area is 124 Å². The molecule has 1 amide bonds. The average Bonchev–Trinajstić information content (AvgIpc) is 2.94. The third kappa shape index (κ3) is 7.25. The molecular weight excluding hydrogens is 250 g/mol. The fourth-order valence-corrected chi connectivity index (χ4v) is 2.88. The zero-order chi connectivity index (χ0) is 14.8. The van der Waals surface area contributed by atoms with Crippen LogP contribution in [0.1, 0.15) is 52.9 Å². The molecule has 0 bridgehead atoms. The van der Waals surface area contributed by atoms with E-state index in [1.54, 1.807) is 0 Å². The average molecular weight is 283 g/mol. The Balaban J connectivity index is 2.05. The molecule has 1 heterocycles. The molecule has 0 spiro atoms. The number of amides is 1. The van der Waals surface area contributed by atoms with Crippen molar-refractivity contribution in [3.63, 3.8) is 0 Å². The Morgan fingerprint density at radius 1 is 1.40 bits per heavy atom. The number of nitrogens with zero attached hydrogens (tertiary/aromatic N) is 1. The fourth-order valence-electron chi connectivity index (χ4n) is 2.88. The van der Waals surface area contributed by atoms with Gasteiger partial charge in [-0.2, -0.15) is 0 Å². The van der Waals surface area contributed by atoms with E-state index < -0.39 is 0 Å². The van der Waals surface area contributed by atoms with Gasteiger partial charge in [0.1, 0.15) is 0 Å². The maximum Gasteiger partial charge on any atom is 0.220 e. The maximum absolute atomic E-state index is 11.9. The van der Waals surface area contributed by atoms with Crippen molar-refractivity contribution in [3.05, 3.63) is 0 Å². The summed E-state index contributed by atoms with van der Waals surface area (Å²) in [5, 5.41) is 6.49. The number of carbonyl (C=O) groups excluding carboxylic acids is 1. The molecule has 1 saturated heterocycles. The Morgan fingerprint density at radius 2 is 2.15 bits per heavy atom. The zero-order valence-electron chi connectivity index (χ0n) is 13.6. The minimum atomic E-state index is 0.229. The molecule has 0 aromatic carbocycles. The van der Waals surface area contributed by atoms with Gasteiger partial charge < -0.3 is 15.5 Å². The van der Waals surface area contributed by atoms with Gasteiger partial charge in [0.25, 0.3) is 0 Å². The third-order valence-corrected chi connectivity index (χ3v) is 4.36. The van der Waals surface area contributed by atoms with Crippen molar-refractivity contribution < 1.29 is 4.79 Å². The van der Waals surface area contributed by atoms with E-state index in [0.29, 0.717) is 18.4 Å². The van der Waals surface area contributed by atoms with Crippen LogP contribution in [0.3, 0.4) is 0 Å². The molecule has 1 rings (SSSR count). The lowest BCUT2D eigenvalue weighted by Gasteiger charge is -2.20. The Kier molecular flexibility index (Phi) is 8.86. The fraction of sp³-hybridized carbons (Fsp3) is 0.938. The monoisotopic (exact) mass is 283 g/mol. The topological polar surface area (TPSA) is 44.4 Å². The van der Waals surface area contributed by atoms with Gasteiger partial charge in [0.05, 0.1) is 0 Å². The molecule has 0 radical (unpaired) electrons. The van der Waals surface area contributed by atoms with E-state index in [2.05, 4.69) is 36.3 Å². The van der Waals surface area contributed by atoms with Crippen LogP contribution < -0.4 is 10.6 Å². The van der Waals surface area contributed by atoms with Crippen LogP contribution in [0.15, 0.2) is 0 Å². The molecule has 0 aromatic rings. The highest BCUT2D eigenvalue weighted by molar-refractivity contribution is 5.76. The normalized spacial score (nSPS) is 20.3. The first-order valence-electron chi connectivity index (χ1n) is 8.38. The van der Waals surface area contributed by atoms with Crippen molar-refractivity contribution in [2.24, 2.45) is 5.92 Å². The second-order valence-electron chi connectivity index (χ2n) is 6.04. The highest BCUT2D eigenvalue weighted by atomic mass is 16.1. The van der Waals surface area contributed by atoms with Crippen molar-refractivity contribution in [1.29, 1.82) is 0 Å². The molecule has 1 aliphatic rings. The molecule has 20 heavy (non-hydrogen) atoms. The number of carbonyl (C=O) groups is 1. The molecular formula is C16H33N3O. The maximum atomic E-state index is 11.9. The van der Waals surface area contributed by atoms with Crippen LogP contribution in [0.5, 0.6) is 0 Å². The molecule has 2 unspecified atom stereocenters. The zero-order valence-corrected chi connectivity index (χ0v) is 13.6. The van der Waals surface area contributed by atoms with Crippen molar-refractivity contribution in [2.45, 2.75) is 58.9 Å². The van der Waals surface area contributed by atoms with Gasteiger partial charge in [-0.05, 0) is 71.2 Å². The minimum Gasteiger partial charge on any atom is -0.354 e. The van der Waals surface area contributed by atoms with Crippen LogP contribution >= 0.6 is 0 Å². The number of hydrogen-bond donors (Lipinski definition) is 2. The molecule has 0 aliphatic carbocycles. The van der Waals surface area contributed by atoms with E-state index in [1.807, 2.05) is 0 Å². The molecule has 4 heteroatoms. The van der Waals surface area contributed by atoms with E-state index in [0.717, 1.165) is 52.0 Å². The van der Waals surface area contributed by atoms with Gasteiger partial charge in [-0.15, -0.1) is 0 Å². The summed E-state index contributed by atoms with van der Waals surface area (Å²) < 4.78 is 0. The SMILES string of the molecule is CCN(CC)CCCC(C)NC(=O)CCC1CCNC1. The van der Waals surface area contributed by atoms with E-state index in [-0.39, 0.29) is 5.91 Å². The van der Waals surface area contributed by atoms with Gasteiger partial charge in [-0.3, -0.25) is 4.79 Å². The van der Waals surface area contributed by atoms with Crippen molar-refractivity contribution in [3.8, 4) is 0 Å². The molecule has 1 aliphatic heterocycles. The summed E-state index contributed by atoms with van der Waals surface area (Å²) in [5.41, 5.74) is 0. The predicted octanol–water partition coefficient (Wildman–Crippen LogP) is 2.00. The van der Waals surface area contributed by atoms with Crippen LogP contribution in [0.2, 0.25) is 0 Å². The summed E-state index contributed by atoms with van der Waals surface area (Å²) in [7, 11) is 0. The van der Waals surface area contributed by atoms with E-state index in [9.17, 15) is 4.79 Å². The van der Waals surface area contributed by atoms with E-state index >= 15 is 0 Å². The summed E-state index contributed by atoms with van der Waals surface area (Å²) in [4.78, 5) is 14.3. The number of hydrogen-bond acceptors (Lipinski definition) is 3. The second-order valence-corrected chi connectivity index (χ2v) is 6.04. The lowest BCUT2D eigenvalue weighted by molar-refractivity contribution is -0.122. The van der Waals surface area contributed by atoms with Gasteiger partial charge in [-0.25, -0.2) is 0 Å². The van der Waals surface area contributed by atoms with Crippen molar-refractivity contribution in [2.75, 3.05) is 32.7 Å². The van der Waals surface area contributed by atoms with Gasteiger partial charge in [0.15, 0.2) is 0 Å². The molecule has 0 saturated carbocycles. The lowest BCUT2D eigenvalue weighted by Crippen LogP contribution is -2.33. The quantitative estimate of drug-likeness (QED) is 0.644. The van der Waals surface area contributed by atoms with Gasteiger partial charge in [0, 0.05) is 12.5 Å². The summed E-state index contributed by atoms with van der Waals surface area (Å²) >= 11 is 0. The summed E-state index contributed by atoms with van der Waals surface area (Å²) in [6, 6.07) is 0.305. The van der Waals surface area contributed by atoms with Crippen LogP contribution in [-0.2, 0) is 4.79 Å². The summed E-state index contributed by atoms with van der Waals surface area (Å²) in [5.74, 6) is 0.936. The minimum absolute atomic E-state index is 0.229. The molecule has 4 nitrogen and oxygen atoms in total. The third-order valence-electron chi connectivity index (χ3n) is 4.36. The van der Waals surface area contributed by atoms with Crippen LogP contribution in [0.4, 0.5) is 0 Å². The first kappa shape index (κ1) is 17.4. The van der Waals surface area contributed by atoms with E-state index in [4.69, 9.17) is 0 Å². The second kappa shape index (κ2) is 10.2. The summed E-state index contributed by atoms with van der Waals surface area (Å²) in [6.45, 7) is 12.1. The Morgan fingerprint density at radius 3 is 2.75 bits per heavy atom. The standard InChI is InChI=1S/C16H33N3O/c1-4-19(5-2)12-6-7-14(3)18-16(20)9-8-15-10-11-17-13-15/h14-15,17H,4-13H2,1-3H3,(H,18,20). The molecule has 2 atom stereocenters. The summed E-state index contributed by atoms with van der Waals surface area (Å²) in [6.07, 6.45) is 5.19. The first-order chi connectivity index (χ1) is 9.65. The number of nitrogens with one attached hydrogen (secondary N) is 2. The molecule has 118 valence electrons. The highest BCUT2D eigenvalue weighted by Gasteiger charge is 2.16. The Bertz CT molecular complexity index is 260. The van der Waals surface area contributed by atoms with Gasteiger partial charge in [-0.1, -0.05) is 13.8 Å².